The molecule has 132 valence electrons. The second-order valence-electron chi connectivity index (χ2n) is 6.41. The molecule has 0 bridgehead atoms. The fourth-order valence-corrected chi connectivity index (χ4v) is 3.05. The topological polar surface area (TPSA) is 87.5 Å². The van der Waals surface area contributed by atoms with Gasteiger partial charge in [-0.2, -0.15) is 0 Å². The van der Waals surface area contributed by atoms with Crippen molar-refractivity contribution in [3.63, 3.8) is 0 Å². The minimum atomic E-state index is -0.465. The average molecular weight is 332 g/mol. The highest BCUT2D eigenvalue weighted by atomic mass is 16.2. The van der Waals surface area contributed by atoms with Gasteiger partial charge in [0.25, 0.3) is 0 Å². The predicted octanol–water partition coefficient (Wildman–Crippen LogP) is 1.85. The number of carbonyl (C=O) groups is 2. The molecule has 1 aromatic carbocycles. The summed E-state index contributed by atoms with van der Waals surface area (Å²) in [6, 6.07) is 7.43. The summed E-state index contributed by atoms with van der Waals surface area (Å²) in [5.74, 6) is -0.465. The Morgan fingerprint density at radius 1 is 1.29 bits per heavy atom. The van der Waals surface area contributed by atoms with Crippen molar-refractivity contribution in [1.82, 2.24) is 15.5 Å². The molecule has 1 aliphatic rings. The van der Waals surface area contributed by atoms with E-state index < -0.39 is 5.91 Å². The lowest BCUT2D eigenvalue weighted by Crippen LogP contribution is -2.40. The summed E-state index contributed by atoms with van der Waals surface area (Å²) < 4.78 is 0. The number of primary amides is 1. The monoisotopic (exact) mass is 332 g/mol. The van der Waals surface area contributed by atoms with Gasteiger partial charge in [-0.25, -0.2) is 4.79 Å². The molecular weight excluding hydrogens is 304 g/mol. The van der Waals surface area contributed by atoms with Crippen molar-refractivity contribution < 1.29 is 9.59 Å². The largest absolute Gasteiger partial charge is 0.366 e. The second-order valence-corrected chi connectivity index (χ2v) is 6.41. The number of hydrogen-bond acceptors (Lipinski definition) is 3. The molecule has 0 saturated carbocycles. The molecule has 0 aliphatic carbocycles. The Bertz CT molecular complexity index is 562. The van der Waals surface area contributed by atoms with Gasteiger partial charge < -0.3 is 21.3 Å². The van der Waals surface area contributed by atoms with Gasteiger partial charge in [0, 0.05) is 31.2 Å². The van der Waals surface area contributed by atoms with Crippen molar-refractivity contribution in [1.29, 1.82) is 0 Å². The van der Waals surface area contributed by atoms with E-state index in [0.29, 0.717) is 24.7 Å². The maximum Gasteiger partial charge on any atom is 0.315 e. The molecule has 1 fully saturated rings. The van der Waals surface area contributed by atoms with E-state index in [-0.39, 0.29) is 6.03 Å². The molecule has 1 aliphatic heterocycles. The molecule has 1 saturated heterocycles. The molecule has 2 rings (SSSR count). The van der Waals surface area contributed by atoms with Crippen LogP contribution in [0.2, 0.25) is 0 Å². The fourth-order valence-electron chi connectivity index (χ4n) is 3.05. The molecule has 1 heterocycles. The normalized spacial score (nSPS) is 18.1. The van der Waals surface area contributed by atoms with Crippen molar-refractivity contribution in [2.75, 3.05) is 19.6 Å². The number of nitrogens with one attached hydrogen (secondary N) is 2. The van der Waals surface area contributed by atoms with E-state index in [0.717, 1.165) is 18.5 Å². The number of nitrogens with zero attached hydrogens (tertiary/aromatic N) is 1. The number of likely N-dealkylation sites (tertiary alicyclic amines) is 1. The lowest BCUT2D eigenvalue weighted by atomic mass is 10.0. The van der Waals surface area contributed by atoms with Gasteiger partial charge >= 0.3 is 6.03 Å². The second kappa shape index (κ2) is 9.27. The number of nitrogens with two attached hydrogens (primary N) is 1. The molecule has 0 aromatic heterocycles. The summed E-state index contributed by atoms with van der Waals surface area (Å²) in [6.45, 7) is 5.51. The summed E-state index contributed by atoms with van der Waals surface area (Å²) in [5.41, 5.74) is 6.55. The number of amides is 3. The van der Waals surface area contributed by atoms with Gasteiger partial charge in [-0.1, -0.05) is 18.6 Å². The third kappa shape index (κ3) is 5.85. The maximum atomic E-state index is 11.8. The Hall–Kier alpha value is -2.08. The summed E-state index contributed by atoms with van der Waals surface area (Å²) in [4.78, 5) is 25.5. The first-order valence-electron chi connectivity index (χ1n) is 8.71. The SMILES string of the molecule is CC1CCCCN1CCCNC(=O)NCc1cccc(C(N)=O)c1. The van der Waals surface area contributed by atoms with Crippen LogP contribution < -0.4 is 16.4 Å². The molecule has 24 heavy (non-hydrogen) atoms. The van der Waals surface area contributed by atoms with Crippen LogP contribution in [0.1, 0.15) is 48.5 Å². The first kappa shape index (κ1) is 18.3. The fraction of sp³-hybridized carbons (Fsp3) is 0.556. The van der Waals surface area contributed by atoms with Crippen LogP contribution in [0.3, 0.4) is 0 Å². The van der Waals surface area contributed by atoms with E-state index in [1.165, 1.54) is 25.8 Å². The minimum Gasteiger partial charge on any atom is -0.366 e. The van der Waals surface area contributed by atoms with Gasteiger partial charge in [0.2, 0.25) is 5.91 Å². The summed E-state index contributed by atoms with van der Waals surface area (Å²) in [6.07, 6.45) is 4.84. The van der Waals surface area contributed by atoms with Crippen LogP contribution in [-0.2, 0) is 6.54 Å². The van der Waals surface area contributed by atoms with Gasteiger partial charge in [0.15, 0.2) is 0 Å². The van der Waals surface area contributed by atoms with Crippen LogP contribution in [0.15, 0.2) is 24.3 Å². The van der Waals surface area contributed by atoms with Crippen molar-refractivity contribution in [2.24, 2.45) is 5.73 Å². The standard InChI is InChI=1S/C18H28N4O2/c1-14-6-2-3-10-22(14)11-5-9-20-18(24)21-13-15-7-4-8-16(12-15)17(19)23/h4,7-8,12,14H,2-3,5-6,9-11,13H2,1H3,(H2,19,23)(H2,20,21,24). The molecule has 6 heteroatoms. The van der Waals surface area contributed by atoms with E-state index in [9.17, 15) is 9.59 Å². The number of rotatable bonds is 7. The molecule has 0 radical (unpaired) electrons. The van der Waals surface area contributed by atoms with Crippen LogP contribution in [-0.4, -0.2) is 42.5 Å². The van der Waals surface area contributed by atoms with Crippen LogP contribution in [0.25, 0.3) is 0 Å². The highest BCUT2D eigenvalue weighted by molar-refractivity contribution is 5.92. The number of carbonyl (C=O) groups excluding carboxylic acids is 2. The zero-order chi connectivity index (χ0) is 17.4. The van der Waals surface area contributed by atoms with Crippen molar-refractivity contribution >= 4 is 11.9 Å². The summed E-state index contributed by atoms with van der Waals surface area (Å²) in [7, 11) is 0. The number of piperidine rings is 1. The third-order valence-corrected chi connectivity index (χ3v) is 4.51. The quantitative estimate of drug-likeness (QED) is 0.666. The summed E-state index contributed by atoms with van der Waals surface area (Å²) in [5, 5.41) is 5.67. The van der Waals surface area contributed by atoms with Gasteiger partial charge in [-0.3, -0.25) is 4.79 Å². The van der Waals surface area contributed by atoms with Crippen molar-refractivity contribution in [3.05, 3.63) is 35.4 Å². The Balaban J connectivity index is 1.63. The molecule has 6 nitrogen and oxygen atoms in total. The third-order valence-electron chi connectivity index (χ3n) is 4.51. The highest BCUT2D eigenvalue weighted by Gasteiger charge is 2.17. The smallest absolute Gasteiger partial charge is 0.315 e. The number of benzene rings is 1. The Morgan fingerprint density at radius 2 is 2.12 bits per heavy atom. The molecule has 0 spiro atoms. The number of urea groups is 1. The van der Waals surface area contributed by atoms with Crippen LogP contribution in [0.4, 0.5) is 4.79 Å². The summed E-state index contributed by atoms with van der Waals surface area (Å²) >= 11 is 0. The minimum absolute atomic E-state index is 0.189. The lowest BCUT2D eigenvalue weighted by molar-refractivity contribution is 0.1000. The first-order valence-corrected chi connectivity index (χ1v) is 8.71. The van der Waals surface area contributed by atoms with E-state index in [2.05, 4.69) is 22.5 Å². The maximum absolute atomic E-state index is 11.8. The van der Waals surface area contributed by atoms with Gasteiger partial charge in [0.1, 0.15) is 0 Å². The van der Waals surface area contributed by atoms with Crippen molar-refractivity contribution in [3.8, 4) is 0 Å². The molecule has 4 N–H and O–H groups in total. The number of hydrogen-bond donors (Lipinski definition) is 3. The van der Waals surface area contributed by atoms with E-state index in [1.54, 1.807) is 18.2 Å². The van der Waals surface area contributed by atoms with E-state index in [4.69, 9.17) is 5.73 Å². The van der Waals surface area contributed by atoms with Gasteiger partial charge in [-0.05, 0) is 50.4 Å². The zero-order valence-corrected chi connectivity index (χ0v) is 14.4. The molecular formula is C18H28N4O2. The van der Waals surface area contributed by atoms with Crippen LogP contribution >= 0.6 is 0 Å². The average Bonchev–Trinajstić information content (AvgIpc) is 2.58. The molecule has 1 atom stereocenters. The zero-order valence-electron chi connectivity index (χ0n) is 14.4. The van der Waals surface area contributed by atoms with E-state index >= 15 is 0 Å². The Kier molecular flexibility index (Phi) is 7.06. The Labute approximate surface area is 143 Å². The van der Waals surface area contributed by atoms with Crippen molar-refractivity contribution in [2.45, 2.75) is 45.2 Å². The van der Waals surface area contributed by atoms with Crippen LogP contribution in [0.5, 0.6) is 0 Å². The first-order chi connectivity index (χ1) is 11.6. The van der Waals surface area contributed by atoms with Crippen LogP contribution in [0, 0.1) is 0 Å². The molecule has 1 aromatic rings. The predicted molar refractivity (Wildman–Crippen MR) is 94.7 cm³/mol. The van der Waals surface area contributed by atoms with Gasteiger partial charge in [0.05, 0.1) is 0 Å². The molecule has 1 unspecified atom stereocenters. The molecule has 3 amide bonds. The van der Waals surface area contributed by atoms with Gasteiger partial charge in [-0.15, -0.1) is 0 Å². The Morgan fingerprint density at radius 3 is 2.88 bits per heavy atom. The lowest BCUT2D eigenvalue weighted by Gasteiger charge is -2.33. The van der Waals surface area contributed by atoms with E-state index in [1.807, 2.05) is 6.07 Å². The highest BCUT2D eigenvalue weighted by Crippen LogP contribution is 2.16.